The summed E-state index contributed by atoms with van der Waals surface area (Å²) < 4.78 is 27.9. The van der Waals surface area contributed by atoms with Crippen molar-refractivity contribution in [1.82, 2.24) is 10.1 Å². The van der Waals surface area contributed by atoms with Gasteiger partial charge in [0.2, 0.25) is 5.89 Å². The maximum absolute atomic E-state index is 11.4. The summed E-state index contributed by atoms with van der Waals surface area (Å²) in [6, 6.07) is 7.54. The van der Waals surface area contributed by atoms with Crippen LogP contribution in [0.3, 0.4) is 0 Å². The van der Waals surface area contributed by atoms with Crippen LogP contribution in [0.25, 0.3) is 0 Å². The van der Waals surface area contributed by atoms with Gasteiger partial charge in [-0.2, -0.15) is 4.98 Å². The van der Waals surface area contributed by atoms with Gasteiger partial charge in [0.05, 0.1) is 0 Å². The number of anilines is 1. The fourth-order valence-electron chi connectivity index (χ4n) is 1.66. The highest BCUT2D eigenvalue weighted by Gasteiger charge is 2.22. The highest BCUT2D eigenvalue weighted by atomic mass is 32.2. The van der Waals surface area contributed by atoms with E-state index < -0.39 is 15.1 Å². The Hall–Kier alpha value is -1.89. The Kier molecular flexibility index (Phi) is 4.08. The molecule has 0 radical (unpaired) electrons. The van der Waals surface area contributed by atoms with E-state index in [9.17, 15) is 8.42 Å². The van der Waals surface area contributed by atoms with E-state index in [0.717, 1.165) is 23.9 Å². The molecular formula is C13H17N3O3S. The van der Waals surface area contributed by atoms with Crippen LogP contribution in [0.5, 0.6) is 0 Å². The summed E-state index contributed by atoms with van der Waals surface area (Å²) >= 11 is 0. The smallest absolute Gasteiger partial charge is 0.227 e. The van der Waals surface area contributed by atoms with Crippen molar-refractivity contribution < 1.29 is 12.9 Å². The molecule has 108 valence electrons. The van der Waals surface area contributed by atoms with Crippen molar-refractivity contribution in [3.8, 4) is 0 Å². The third kappa shape index (κ3) is 3.57. The van der Waals surface area contributed by atoms with E-state index in [1.54, 1.807) is 6.92 Å². The highest BCUT2D eigenvalue weighted by Crippen LogP contribution is 2.18. The molecule has 2 aromatic rings. The van der Waals surface area contributed by atoms with E-state index in [1.807, 2.05) is 24.3 Å². The van der Waals surface area contributed by atoms with E-state index in [2.05, 4.69) is 10.1 Å². The Balaban J connectivity index is 2.01. The van der Waals surface area contributed by atoms with Crippen molar-refractivity contribution in [1.29, 1.82) is 0 Å². The molecular weight excluding hydrogens is 278 g/mol. The minimum absolute atomic E-state index is 0.208. The molecule has 6 nitrogen and oxygen atoms in total. The van der Waals surface area contributed by atoms with E-state index in [-0.39, 0.29) is 5.82 Å². The van der Waals surface area contributed by atoms with Gasteiger partial charge in [0.25, 0.3) is 0 Å². The SMILES string of the molecule is CC(c1noc(CCc2ccc(N)cc2)n1)S(C)(=O)=O. The molecule has 2 rings (SSSR count). The fraction of sp³-hybridized carbons (Fsp3) is 0.385. The number of hydrogen-bond donors (Lipinski definition) is 1. The van der Waals surface area contributed by atoms with Crippen LogP contribution in [0.4, 0.5) is 5.69 Å². The molecule has 1 atom stereocenters. The summed E-state index contributed by atoms with van der Waals surface area (Å²) in [7, 11) is -3.21. The zero-order valence-electron chi connectivity index (χ0n) is 11.4. The fourth-order valence-corrected chi connectivity index (χ4v) is 2.14. The Morgan fingerprint density at radius 3 is 2.50 bits per heavy atom. The van der Waals surface area contributed by atoms with E-state index in [0.29, 0.717) is 12.3 Å². The monoisotopic (exact) mass is 295 g/mol. The first-order valence-corrected chi connectivity index (χ1v) is 8.17. The lowest BCUT2D eigenvalue weighted by Crippen LogP contribution is -2.09. The van der Waals surface area contributed by atoms with E-state index >= 15 is 0 Å². The summed E-state index contributed by atoms with van der Waals surface area (Å²) in [6.45, 7) is 1.55. The number of aromatic nitrogens is 2. The lowest BCUT2D eigenvalue weighted by molar-refractivity contribution is 0.372. The number of nitrogen functional groups attached to an aromatic ring is 1. The summed E-state index contributed by atoms with van der Waals surface area (Å²) in [5.74, 6) is 0.645. The zero-order valence-corrected chi connectivity index (χ0v) is 12.2. The molecule has 0 saturated heterocycles. The normalized spacial score (nSPS) is 13.3. The van der Waals surface area contributed by atoms with Gasteiger partial charge >= 0.3 is 0 Å². The van der Waals surface area contributed by atoms with Crippen molar-refractivity contribution in [2.24, 2.45) is 0 Å². The van der Waals surface area contributed by atoms with Gasteiger partial charge in [-0.1, -0.05) is 17.3 Å². The van der Waals surface area contributed by atoms with Gasteiger partial charge in [-0.3, -0.25) is 0 Å². The van der Waals surface area contributed by atoms with Crippen LogP contribution in [-0.4, -0.2) is 24.8 Å². The molecule has 1 aromatic heterocycles. The second-order valence-corrected chi connectivity index (χ2v) is 7.13. The van der Waals surface area contributed by atoms with Gasteiger partial charge in [0.15, 0.2) is 15.7 Å². The zero-order chi connectivity index (χ0) is 14.8. The van der Waals surface area contributed by atoms with Crippen molar-refractivity contribution >= 4 is 15.5 Å². The predicted molar refractivity (Wildman–Crippen MR) is 75.8 cm³/mol. The molecule has 0 aliphatic carbocycles. The molecule has 2 N–H and O–H groups in total. The number of benzene rings is 1. The van der Waals surface area contributed by atoms with Crippen molar-refractivity contribution in [2.75, 3.05) is 12.0 Å². The van der Waals surface area contributed by atoms with Crippen LogP contribution in [0.1, 0.15) is 29.5 Å². The van der Waals surface area contributed by atoms with E-state index in [4.69, 9.17) is 10.3 Å². The number of nitrogens with two attached hydrogens (primary N) is 1. The second-order valence-electron chi connectivity index (χ2n) is 4.76. The molecule has 20 heavy (non-hydrogen) atoms. The number of rotatable bonds is 5. The first kappa shape index (κ1) is 14.5. The van der Waals surface area contributed by atoms with Gasteiger partial charge in [-0.15, -0.1) is 0 Å². The molecule has 0 aliphatic heterocycles. The summed E-state index contributed by atoms with van der Waals surface area (Å²) in [4.78, 5) is 4.13. The lowest BCUT2D eigenvalue weighted by atomic mass is 10.1. The van der Waals surface area contributed by atoms with Crippen LogP contribution in [0, 0.1) is 0 Å². The summed E-state index contributed by atoms with van der Waals surface area (Å²) in [5, 5.41) is 2.97. The van der Waals surface area contributed by atoms with Crippen molar-refractivity contribution in [3.63, 3.8) is 0 Å². The molecule has 0 amide bonds. The average Bonchev–Trinajstić information content (AvgIpc) is 2.85. The van der Waals surface area contributed by atoms with Gasteiger partial charge in [0.1, 0.15) is 5.25 Å². The van der Waals surface area contributed by atoms with Gasteiger partial charge in [-0.25, -0.2) is 8.42 Å². The molecule has 1 unspecified atom stereocenters. The molecule has 0 spiro atoms. The molecule has 7 heteroatoms. The van der Waals surface area contributed by atoms with Crippen LogP contribution < -0.4 is 5.73 Å². The van der Waals surface area contributed by atoms with Crippen LogP contribution >= 0.6 is 0 Å². The highest BCUT2D eigenvalue weighted by molar-refractivity contribution is 7.90. The maximum Gasteiger partial charge on any atom is 0.227 e. The number of sulfone groups is 1. The minimum Gasteiger partial charge on any atom is -0.399 e. The average molecular weight is 295 g/mol. The second kappa shape index (κ2) is 5.62. The standard InChI is InChI=1S/C13H17N3O3S/c1-9(20(2,17)18)13-15-12(19-16-13)8-5-10-3-6-11(14)7-4-10/h3-4,6-7,9H,5,8,14H2,1-2H3. The maximum atomic E-state index is 11.4. The van der Waals surface area contributed by atoms with Crippen LogP contribution in [0.15, 0.2) is 28.8 Å². The predicted octanol–water partition coefficient (Wildman–Crippen LogP) is 1.54. The van der Waals surface area contributed by atoms with Crippen molar-refractivity contribution in [3.05, 3.63) is 41.5 Å². The number of aryl methyl sites for hydroxylation is 2. The van der Waals surface area contributed by atoms with Crippen LogP contribution in [0.2, 0.25) is 0 Å². The molecule has 1 heterocycles. The first-order chi connectivity index (χ1) is 9.36. The summed E-state index contributed by atoms with van der Waals surface area (Å²) in [6.07, 6.45) is 2.45. The van der Waals surface area contributed by atoms with Crippen molar-refractivity contribution in [2.45, 2.75) is 25.0 Å². The largest absolute Gasteiger partial charge is 0.399 e. The van der Waals surface area contributed by atoms with Gasteiger partial charge < -0.3 is 10.3 Å². The quantitative estimate of drug-likeness (QED) is 0.840. The number of nitrogens with zero attached hydrogens (tertiary/aromatic N) is 2. The molecule has 0 bridgehead atoms. The molecule has 0 fully saturated rings. The number of hydrogen-bond acceptors (Lipinski definition) is 6. The van der Waals surface area contributed by atoms with Gasteiger partial charge in [-0.05, 0) is 31.0 Å². The Morgan fingerprint density at radius 1 is 1.25 bits per heavy atom. The summed E-state index contributed by atoms with van der Waals surface area (Å²) in [5.41, 5.74) is 7.44. The van der Waals surface area contributed by atoms with E-state index in [1.165, 1.54) is 0 Å². The third-order valence-electron chi connectivity index (χ3n) is 3.10. The third-order valence-corrected chi connectivity index (χ3v) is 4.59. The topological polar surface area (TPSA) is 99.1 Å². The minimum atomic E-state index is -3.21. The van der Waals surface area contributed by atoms with Crippen LogP contribution in [-0.2, 0) is 22.7 Å². The Labute approximate surface area is 117 Å². The Morgan fingerprint density at radius 2 is 1.90 bits per heavy atom. The lowest BCUT2D eigenvalue weighted by Gasteiger charge is -2.01. The Bertz CT molecular complexity index is 677. The molecule has 0 saturated carbocycles. The van der Waals surface area contributed by atoms with Gasteiger partial charge in [0, 0.05) is 18.4 Å². The molecule has 1 aromatic carbocycles. The molecule has 0 aliphatic rings. The first-order valence-electron chi connectivity index (χ1n) is 6.22.